The summed E-state index contributed by atoms with van der Waals surface area (Å²) in [4.78, 5) is 73.1. The summed E-state index contributed by atoms with van der Waals surface area (Å²) in [6.45, 7) is 4.43. The summed E-state index contributed by atoms with van der Waals surface area (Å²) in [7, 11) is -9.99. The van der Waals surface area contributed by atoms with E-state index in [4.69, 9.17) is 37.0 Å². The number of aliphatic hydroxyl groups excluding tert-OH is 1. The van der Waals surface area contributed by atoms with E-state index in [1.165, 1.54) is 25.7 Å². The lowest BCUT2D eigenvalue weighted by Gasteiger charge is -2.21. The Kier molecular flexibility index (Phi) is 73.9. The molecular weight excluding hydrogens is 1380 g/mol. The Hall–Kier alpha value is -5.32. The van der Waals surface area contributed by atoms with E-state index in [1.807, 2.05) is 12.2 Å². The molecule has 0 aliphatic rings. The van der Waals surface area contributed by atoms with Crippen LogP contribution in [0.15, 0.2) is 158 Å². The summed E-state index contributed by atoms with van der Waals surface area (Å²) in [5.41, 5.74) is 0. The zero-order chi connectivity index (χ0) is 77.4. The number of phosphoric ester groups is 2. The molecule has 0 fully saturated rings. The fourth-order valence-electron chi connectivity index (χ4n) is 10.4. The number of ether oxygens (including phenoxy) is 4. The van der Waals surface area contributed by atoms with E-state index in [2.05, 4.69) is 174 Å². The molecule has 0 aliphatic carbocycles. The zero-order valence-electron chi connectivity index (χ0n) is 66.1. The lowest BCUT2D eigenvalue weighted by Crippen LogP contribution is -2.30. The Morgan fingerprint density at radius 1 is 0.274 bits per heavy atom. The van der Waals surface area contributed by atoms with Gasteiger partial charge in [-0.1, -0.05) is 282 Å². The van der Waals surface area contributed by atoms with Crippen molar-refractivity contribution in [3.05, 3.63) is 158 Å². The van der Waals surface area contributed by atoms with Crippen LogP contribution in [0.1, 0.15) is 310 Å². The average Bonchev–Trinajstić information content (AvgIpc) is 0.937. The van der Waals surface area contributed by atoms with Crippen molar-refractivity contribution in [1.82, 2.24) is 0 Å². The lowest BCUT2D eigenvalue weighted by molar-refractivity contribution is -0.161. The van der Waals surface area contributed by atoms with Crippen LogP contribution in [0.5, 0.6) is 0 Å². The highest BCUT2D eigenvalue weighted by atomic mass is 31.2. The number of allylic oxidation sites excluding steroid dienone is 26. The third-order valence-electron chi connectivity index (χ3n) is 16.5. The molecule has 0 radical (unpaired) electrons. The van der Waals surface area contributed by atoms with Gasteiger partial charge < -0.3 is 33.8 Å². The monoisotopic (exact) mass is 1520 g/mol. The molecule has 5 atom stereocenters. The quantitative estimate of drug-likeness (QED) is 0.0169. The van der Waals surface area contributed by atoms with Gasteiger partial charge in [-0.25, -0.2) is 9.13 Å². The highest BCUT2D eigenvalue weighted by molar-refractivity contribution is 7.47. The summed E-state index contributed by atoms with van der Waals surface area (Å²) in [6, 6.07) is 0. The van der Waals surface area contributed by atoms with Crippen molar-refractivity contribution in [2.75, 3.05) is 39.6 Å². The van der Waals surface area contributed by atoms with Crippen LogP contribution in [0.3, 0.4) is 0 Å². The van der Waals surface area contributed by atoms with Crippen molar-refractivity contribution in [2.45, 2.75) is 329 Å². The van der Waals surface area contributed by atoms with Gasteiger partial charge in [-0.3, -0.25) is 37.3 Å². The van der Waals surface area contributed by atoms with Gasteiger partial charge in [0.25, 0.3) is 0 Å². The number of esters is 4. The van der Waals surface area contributed by atoms with E-state index in [0.717, 1.165) is 199 Å². The van der Waals surface area contributed by atoms with E-state index >= 15 is 0 Å². The first-order valence-electron chi connectivity index (χ1n) is 40.7. The Morgan fingerprint density at radius 3 is 0.802 bits per heavy atom. The first-order chi connectivity index (χ1) is 51.7. The summed E-state index contributed by atoms with van der Waals surface area (Å²) in [5, 5.41) is 10.7. The molecule has 0 aliphatic heterocycles. The predicted molar refractivity (Wildman–Crippen MR) is 436 cm³/mol. The topological polar surface area (TPSA) is 237 Å². The number of unbranched alkanes of at least 4 members (excludes halogenated alkanes) is 23. The highest BCUT2D eigenvalue weighted by Gasteiger charge is 2.30. The van der Waals surface area contributed by atoms with Crippen LogP contribution in [0.4, 0.5) is 0 Å². The lowest BCUT2D eigenvalue weighted by atomic mass is 10.1. The van der Waals surface area contributed by atoms with E-state index in [1.54, 1.807) is 0 Å². The summed E-state index contributed by atoms with van der Waals surface area (Å²) < 4.78 is 68.6. The molecule has 5 unspecified atom stereocenters. The second kappa shape index (κ2) is 77.8. The predicted octanol–water partition coefficient (Wildman–Crippen LogP) is 24.0. The second-order valence-electron chi connectivity index (χ2n) is 26.6. The van der Waals surface area contributed by atoms with E-state index in [-0.39, 0.29) is 25.7 Å². The van der Waals surface area contributed by atoms with Crippen LogP contribution in [-0.4, -0.2) is 96.7 Å². The number of hydrogen-bond acceptors (Lipinski definition) is 15. The van der Waals surface area contributed by atoms with Crippen LogP contribution >= 0.6 is 15.6 Å². The molecule has 19 heteroatoms. The van der Waals surface area contributed by atoms with Gasteiger partial charge in [0, 0.05) is 25.7 Å². The molecule has 0 saturated heterocycles. The number of aliphatic hydroxyl groups is 1. The zero-order valence-corrected chi connectivity index (χ0v) is 67.8. The maximum Gasteiger partial charge on any atom is 0.472 e. The Morgan fingerprint density at radius 2 is 0.500 bits per heavy atom. The third kappa shape index (κ3) is 76.9. The SMILES string of the molecule is CC/C=C\C/C=C\C/C=C\C/C=C\C/C=C\CCCC(=O)OCC(COP(=O)(O)OCC(O)COP(=O)(O)OCC(COC(=O)CCCCCCCC/C=C\C/C=C\C/C=C\C/C=C\CC)OC(=O)CCCCCCCCC/C=C\C/C=C\C/C=C\CC)OC(=O)CCCCCCC/C=C\CCCCCC. The number of carbonyl (C=O) groups is 4. The molecule has 106 heavy (non-hydrogen) atoms. The molecule has 3 N–H and O–H groups in total. The molecule has 0 spiro atoms. The normalized spacial score (nSPS) is 14.7. The molecule has 604 valence electrons. The minimum Gasteiger partial charge on any atom is -0.462 e. The van der Waals surface area contributed by atoms with Crippen molar-refractivity contribution in [2.24, 2.45) is 0 Å². The van der Waals surface area contributed by atoms with Crippen LogP contribution in [0.25, 0.3) is 0 Å². The van der Waals surface area contributed by atoms with Crippen LogP contribution in [-0.2, 0) is 65.4 Å². The van der Waals surface area contributed by atoms with Crippen LogP contribution in [0.2, 0.25) is 0 Å². The van der Waals surface area contributed by atoms with Crippen molar-refractivity contribution in [3.8, 4) is 0 Å². The molecule has 0 aromatic carbocycles. The summed E-state index contributed by atoms with van der Waals surface area (Å²) in [5.74, 6) is -2.28. The first-order valence-corrected chi connectivity index (χ1v) is 43.7. The van der Waals surface area contributed by atoms with Crippen LogP contribution in [0, 0.1) is 0 Å². The number of phosphoric acid groups is 2. The molecule has 0 aromatic rings. The average molecular weight is 1520 g/mol. The maximum atomic E-state index is 13.1. The van der Waals surface area contributed by atoms with Gasteiger partial charge in [0.1, 0.15) is 19.3 Å². The van der Waals surface area contributed by atoms with Crippen LogP contribution < -0.4 is 0 Å². The third-order valence-corrected chi connectivity index (χ3v) is 18.4. The van der Waals surface area contributed by atoms with Crippen molar-refractivity contribution in [1.29, 1.82) is 0 Å². The first kappa shape index (κ1) is 101. The molecule has 0 bridgehead atoms. The number of hydrogen-bond donors (Lipinski definition) is 3. The fourth-order valence-corrected chi connectivity index (χ4v) is 12.0. The second-order valence-corrected chi connectivity index (χ2v) is 29.5. The number of rotatable bonds is 75. The standard InChI is InChI=1S/C87H144O17P2/c1-5-9-13-17-21-25-29-33-36-39-40-43-45-49-52-56-60-64-68-72-85(90)98-78-83(104-87(92)74-70-66-62-58-54-50-46-42-38-35-31-27-23-19-15-11-7-3)80-102-106(95,96)100-76-81(88)75-99-105(93,94)101-79-82(103-86(91)73-69-65-61-57-53-47-32-28-24-20-16-12-8-4)77-97-84(89)71-67-63-59-55-51-48-44-41-37-34-30-26-22-18-14-10-6-2/h9-11,13-15,21-23,25-28,32-38,40,43-44,48,55,59,81-83,88H,5-8,12,16-20,24,29-31,39,41-42,45-47,49-54,56-58,60-80H2,1-4H3,(H,93,94)(H,95,96)/b13-9-,14-10-,15-11-,25-21-,26-22-,27-23-,32-28-,36-33-,37-34-,38-35-,43-40-,48-44-,59-55-. The van der Waals surface area contributed by atoms with Crippen molar-refractivity contribution < 1.29 is 80.2 Å². The van der Waals surface area contributed by atoms with Gasteiger partial charge in [0.2, 0.25) is 0 Å². The molecule has 0 amide bonds. The van der Waals surface area contributed by atoms with Crippen molar-refractivity contribution >= 4 is 39.5 Å². The van der Waals surface area contributed by atoms with Gasteiger partial charge >= 0.3 is 39.5 Å². The van der Waals surface area contributed by atoms with E-state index < -0.39 is 97.5 Å². The fraction of sp³-hybridized carbons (Fsp3) is 0.655. The van der Waals surface area contributed by atoms with E-state index in [0.29, 0.717) is 32.1 Å². The summed E-state index contributed by atoms with van der Waals surface area (Å²) >= 11 is 0. The van der Waals surface area contributed by atoms with E-state index in [9.17, 15) is 43.2 Å². The largest absolute Gasteiger partial charge is 0.472 e. The van der Waals surface area contributed by atoms with Gasteiger partial charge in [0.05, 0.1) is 26.4 Å². The molecule has 0 heterocycles. The smallest absolute Gasteiger partial charge is 0.462 e. The van der Waals surface area contributed by atoms with Gasteiger partial charge in [-0.05, 0) is 161 Å². The Labute approximate surface area is 642 Å². The summed E-state index contributed by atoms with van der Waals surface area (Å²) in [6.07, 6.45) is 90.8. The molecule has 0 rings (SSSR count). The van der Waals surface area contributed by atoms with Gasteiger partial charge in [0.15, 0.2) is 12.2 Å². The number of carbonyl (C=O) groups excluding carboxylic acids is 4. The van der Waals surface area contributed by atoms with Gasteiger partial charge in [-0.2, -0.15) is 0 Å². The molecular formula is C87H144O17P2. The van der Waals surface area contributed by atoms with Crippen molar-refractivity contribution in [3.63, 3.8) is 0 Å². The Balaban J connectivity index is 5.43. The maximum absolute atomic E-state index is 13.1. The minimum atomic E-state index is -5.00. The van der Waals surface area contributed by atoms with Gasteiger partial charge in [-0.15, -0.1) is 0 Å². The highest BCUT2D eigenvalue weighted by Crippen LogP contribution is 2.45. The molecule has 0 aromatic heterocycles. The minimum absolute atomic E-state index is 0.0684. The molecule has 17 nitrogen and oxygen atoms in total. The Bertz CT molecular complexity index is 2630. The molecule has 0 saturated carbocycles.